The van der Waals surface area contributed by atoms with E-state index in [1.165, 1.54) is 37.5 Å². The molecule has 0 aliphatic carbocycles. The van der Waals surface area contributed by atoms with Crippen LogP contribution in [0.1, 0.15) is 5.56 Å². The predicted molar refractivity (Wildman–Crippen MR) is 228 cm³/mol. The molecule has 26 heteroatoms. The van der Waals surface area contributed by atoms with Crippen molar-refractivity contribution in [2.75, 3.05) is 34.0 Å². The SMILES string of the molecule is COc1ccc(-c2oc3cc(OC4OC(COC(=O)C=Cc5ccc(O)c(O)c5)C(O)C(O)C4O)c(OC)c(O)c3c(=O)c2OC2OC(CO)C(O)C(O)C2OC2OC(CO)C(O)C(O)C2O)cc1O. The maximum Gasteiger partial charge on any atom is 0.330 e. The Morgan fingerprint density at radius 1 is 0.629 bits per heavy atom. The number of carbonyl (C=O) groups excluding carboxylic acids is 1. The Bertz CT molecular complexity index is 2580. The van der Waals surface area contributed by atoms with Gasteiger partial charge in [-0.25, -0.2) is 4.79 Å². The Hall–Kier alpha value is -6.08. The highest BCUT2D eigenvalue weighted by Gasteiger charge is 2.52. The molecule has 0 radical (unpaired) electrons. The third kappa shape index (κ3) is 10.2. The summed E-state index contributed by atoms with van der Waals surface area (Å²) in [6, 6.07) is 8.32. The van der Waals surface area contributed by atoms with Crippen molar-refractivity contribution >= 4 is 23.0 Å². The van der Waals surface area contributed by atoms with E-state index in [4.69, 9.17) is 47.0 Å². The third-order valence-electron chi connectivity index (χ3n) is 11.6. The third-order valence-corrected chi connectivity index (χ3v) is 11.6. The molecule has 3 aromatic carbocycles. The van der Waals surface area contributed by atoms with Gasteiger partial charge in [-0.05, 0) is 42.0 Å². The first-order valence-electron chi connectivity index (χ1n) is 21.1. The number of esters is 1. The van der Waals surface area contributed by atoms with Crippen LogP contribution in [-0.2, 0) is 28.5 Å². The predicted octanol–water partition coefficient (Wildman–Crippen LogP) is -3.25. The van der Waals surface area contributed by atoms with E-state index in [0.717, 1.165) is 31.4 Å². The number of rotatable bonds is 15. The average molecular weight is 995 g/mol. The van der Waals surface area contributed by atoms with E-state index in [-0.39, 0.29) is 11.3 Å². The summed E-state index contributed by atoms with van der Waals surface area (Å²) >= 11 is 0. The van der Waals surface area contributed by atoms with Gasteiger partial charge in [0.2, 0.25) is 29.5 Å². The van der Waals surface area contributed by atoms with Gasteiger partial charge in [0.05, 0.1) is 27.4 Å². The molecule has 0 amide bonds. The molecule has 70 heavy (non-hydrogen) atoms. The standard InChI is InChI=1S/C44H50O26/c1-61-20-7-5-16(10-19(20)49)38-40(69-44-41(35(58)29(52)24(13-46)67-44)70-43-37(60)33(56)28(51)23(12-45)66-43)32(55)27-21(64-38)11-22(39(62-2)31(27)54)65-42-36(59)34(57)30(53)25(68-42)14-63-26(50)8-4-15-3-6-17(47)18(48)9-15/h3-11,23-25,28-30,33-37,41-49,51-54,56-60H,12-14H2,1-2H3. The van der Waals surface area contributed by atoms with Crippen LogP contribution < -0.4 is 24.4 Å². The molecule has 7 rings (SSSR count). The first kappa shape index (κ1) is 51.8. The van der Waals surface area contributed by atoms with Crippen molar-refractivity contribution in [1.82, 2.24) is 0 Å². The van der Waals surface area contributed by atoms with Crippen LogP contribution in [-0.4, -0.2) is 204 Å². The number of hydrogen-bond donors (Lipinski definition) is 14. The molecule has 3 aliphatic heterocycles. The molecule has 14 N–H and O–H groups in total. The average Bonchev–Trinajstić information content (AvgIpc) is 3.34. The number of aliphatic hydroxyl groups is 10. The van der Waals surface area contributed by atoms with Crippen LogP contribution in [0.4, 0.5) is 0 Å². The lowest BCUT2D eigenvalue weighted by Gasteiger charge is -2.45. The summed E-state index contributed by atoms with van der Waals surface area (Å²) in [5, 5.41) is 147. The summed E-state index contributed by atoms with van der Waals surface area (Å²) in [4.78, 5) is 27.3. The Kier molecular flexibility index (Phi) is 15.9. The topological polar surface area (TPSA) is 414 Å². The quantitative estimate of drug-likeness (QED) is 0.0316. The van der Waals surface area contributed by atoms with Crippen molar-refractivity contribution < 1.29 is 123 Å². The molecule has 1 aromatic heterocycles. The molecule has 3 saturated heterocycles. The van der Waals surface area contributed by atoms with E-state index in [9.17, 15) is 81.1 Å². The van der Waals surface area contributed by atoms with E-state index in [1.54, 1.807) is 0 Å². The molecular formula is C44H50O26. The molecule has 15 unspecified atom stereocenters. The van der Waals surface area contributed by atoms with Crippen molar-refractivity contribution in [2.45, 2.75) is 92.1 Å². The molecule has 3 fully saturated rings. The highest BCUT2D eigenvalue weighted by Crippen LogP contribution is 2.46. The summed E-state index contributed by atoms with van der Waals surface area (Å²) < 4.78 is 56.3. The maximum absolute atomic E-state index is 14.7. The van der Waals surface area contributed by atoms with Crippen LogP contribution in [0.5, 0.6) is 46.0 Å². The first-order chi connectivity index (χ1) is 33.3. The van der Waals surface area contributed by atoms with Crippen molar-refractivity contribution in [3.05, 3.63) is 64.3 Å². The molecule has 26 nitrogen and oxygen atoms in total. The van der Waals surface area contributed by atoms with Gasteiger partial charge >= 0.3 is 5.97 Å². The smallest absolute Gasteiger partial charge is 0.330 e. The molecule has 4 heterocycles. The Balaban J connectivity index is 1.24. The minimum absolute atomic E-state index is 0.0444. The van der Waals surface area contributed by atoms with Gasteiger partial charge in [-0.3, -0.25) is 4.79 Å². The minimum Gasteiger partial charge on any atom is -0.504 e. The van der Waals surface area contributed by atoms with E-state index < -0.39 is 180 Å². The lowest BCUT2D eigenvalue weighted by molar-refractivity contribution is -0.358. The summed E-state index contributed by atoms with van der Waals surface area (Å²) in [5.74, 6) is -5.95. The van der Waals surface area contributed by atoms with Gasteiger partial charge in [0.1, 0.15) is 84.7 Å². The summed E-state index contributed by atoms with van der Waals surface area (Å²) in [7, 11) is 2.28. The van der Waals surface area contributed by atoms with Gasteiger partial charge in [0.25, 0.3) is 0 Å². The molecule has 3 aliphatic rings. The van der Waals surface area contributed by atoms with E-state index in [2.05, 4.69) is 0 Å². The lowest BCUT2D eigenvalue weighted by atomic mass is 9.97. The Morgan fingerprint density at radius 2 is 1.26 bits per heavy atom. The van der Waals surface area contributed by atoms with Crippen LogP contribution in [0.25, 0.3) is 28.4 Å². The number of hydrogen-bond acceptors (Lipinski definition) is 26. The monoisotopic (exact) mass is 994 g/mol. The largest absolute Gasteiger partial charge is 0.504 e. The zero-order valence-electron chi connectivity index (χ0n) is 36.6. The van der Waals surface area contributed by atoms with Gasteiger partial charge in [-0.2, -0.15) is 0 Å². The zero-order chi connectivity index (χ0) is 50.9. The number of carbonyl (C=O) groups is 1. The fraction of sp³-hybridized carbons (Fsp3) is 0.455. The van der Waals surface area contributed by atoms with Crippen molar-refractivity contribution in [3.63, 3.8) is 0 Å². The minimum atomic E-state index is -2.09. The van der Waals surface area contributed by atoms with Crippen molar-refractivity contribution in [1.29, 1.82) is 0 Å². The molecule has 0 spiro atoms. The van der Waals surface area contributed by atoms with Gasteiger partial charge in [0, 0.05) is 17.7 Å². The second-order valence-electron chi connectivity index (χ2n) is 16.1. The highest BCUT2D eigenvalue weighted by molar-refractivity contribution is 5.91. The maximum atomic E-state index is 14.7. The lowest BCUT2D eigenvalue weighted by Crippen LogP contribution is -2.65. The van der Waals surface area contributed by atoms with Crippen molar-refractivity contribution in [3.8, 4) is 57.3 Å². The number of benzene rings is 3. The fourth-order valence-corrected chi connectivity index (χ4v) is 7.73. The normalized spacial score (nSPS) is 31.3. The van der Waals surface area contributed by atoms with Crippen molar-refractivity contribution in [2.24, 2.45) is 0 Å². The van der Waals surface area contributed by atoms with Crippen LogP contribution in [0.3, 0.4) is 0 Å². The van der Waals surface area contributed by atoms with Gasteiger partial charge in [-0.15, -0.1) is 0 Å². The number of aliphatic hydroxyl groups excluding tert-OH is 10. The van der Waals surface area contributed by atoms with Gasteiger partial charge in [0.15, 0.2) is 52.7 Å². The molecule has 382 valence electrons. The Morgan fingerprint density at radius 3 is 1.89 bits per heavy atom. The van der Waals surface area contributed by atoms with E-state index in [0.29, 0.717) is 5.56 Å². The number of phenolic OH excluding ortho intramolecular Hbond substituents is 4. The highest BCUT2D eigenvalue weighted by atomic mass is 16.8. The summed E-state index contributed by atoms with van der Waals surface area (Å²) in [5.41, 5.74) is -1.60. The first-order valence-corrected chi connectivity index (χ1v) is 21.1. The second kappa shape index (κ2) is 21.5. The fourth-order valence-electron chi connectivity index (χ4n) is 7.73. The molecule has 15 atom stereocenters. The molecule has 0 bridgehead atoms. The molecule has 4 aromatic rings. The Labute approximate surface area is 393 Å². The molecule has 0 saturated carbocycles. The summed E-state index contributed by atoms with van der Waals surface area (Å²) in [6.07, 6.45) is -26.3. The van der Waals surface area contributed by atoms with Crippen LogP contribution >= 0.6 is 0 Å². The summed E-state index contributed by atoms with van der Waals surface area (Å²) in [6.45, 7) is -2.56. The second-order valence-corrected chi connectivity index (χ2v) is 16.1. The van der Waals surface area contributed by atoms with Gasteiger partial charge in [-0.1, -0.05) is 6.07 Å². The van der Waals surface area contributed by atoms with Crippen LogP contribution in [0, 0.1) is 0 Å². The van der Waals surface area contributed by atoms with E-state index in [1.807, 2.05) is 0 Å². The van der Waals surface area contributed by atoms with Crippen LogP contribution in [0.2, 0.25) is 0 Å². The number of aromatic hydroxyl groups is 4. The number of ether oxygens (including phenoxy) is 9. The van der Waals surface area contributed by atoms with E-state index >= 15 is 0 Å². The van der Waals surface area contributed by atoms with Crippen LogP contribution in [0.15, 0.2) is 57.8 Å². The number of fused-ring (bicyclic) bond motifs is 1. The molecular weight excluding hydrogens is 944 g/mol. The zero-order valence-corrected chi connectivity index (χ0v) is 36.6. The van der Waals surface area contributed by atoms with Gasteiger partial charge < -0.3 is 119 Å². The number of methoxy groups -OCH3 is 2. The number of phenols is 4.